The quantitative estimate of drug-likeness (QED) is 0.621. The van der Waals surface area contributed by atoms with E-state index in [4.69, 9.17) is 10.5 Å². The molecule has 3 heterocycles. The van der Waals surface area contributed by atoms with E-state index in [1.807, 2.05) is 13.0 Å². The number of rotatable bonds is 5. The van der Waals surface area contributed by atoms with Gasteiger partial charge in [-0.1, -0.05) is 6.07 Å². The van der Waals surface area contributed by atoms with Crippen molar-refractivity contribution in [2.45, 2.75) is 19.2 Å². The number of nitrogen functional groups attached to an aromatic ring is 1. The van der Waals surface area contributed by atoms with Gasteiger partial charge >= 0.3 is 6.18 Å². The van der Waals surface area contributed by atoms with E-state index in [9.17, 15) is 18.0 Å². The van der Waals surface area contributed by atoms with Gasteiger partial charge in [-0.25, -0.2) is 0 Å². The number of benzene rings is 1. The molecule has 3 N–H and O–H groups in total. The zero-order valence-electron chi connectivity index (χ0n) is 17.1. The number of anilines is 3. The first-order chi connectivity index (χ1) is 15.2. The number of hydrogen-bond acceptors (Lipinski definition) is 6. The number of halogens is 3. The topological polar surface area (TPSA) is 93.4 Å². The molecular formula is C22H20F3N5O2. The first kappa shape index (κ1) is 21.4. The van der Waals surface area contributed by atoms with Crippen molar-refractivity contribution in [1.82, 2.24) is 9.97 Å². The number of carbonyl (C=O) groups is 1. The normalized spacial score (nSPS) is 14.1. The van der Waals surface area contributed by atoms with Gasteiger partial charge in [0.15, 0.2) is 0 Å². The van der Waals surface area contributed by atoms with E-state index < -0.39 is 17.6 Å². The Balaban J connectivity index is 1.41. The molecule has 0 atom stereocenters. The van der Waals surface area contributed by atoms with Gasteiger partial charge in [-0.05, 0) is 36.8 Å². The Kier molecular flexibility index (Phi) is 5.60. The maximum absolute atomic E-state index is 12.9. The maximum Gasteiger partial charge on any atom is 0.417 e. The van der Waals surface area contributed by atoms with Crippen LogP contribution in [0, 0.1) is 6.92 Å². The Morgan fingerprint density at radius 2 is 1.88 bits per heavy atom. The lowest BCUT2D eigenvalue weighted by Gasteiger charge is -2.40. The van der Waals surface area contributed by atoms with E-state index in [1.165, 1.54) is 0 Å². The monoisotopic (exact) mass is 443 g/mol. The van der Waals surface area contributed by atoms with Crippen LogP contribution in [0.4, 0.5) is 30.2 Å². The van der Waals surface area contributed by atoms with Crippen LogP contribution in [0.15, 0.2) is 55.1 Å². The summed E-state index contributed by atoms with van der Waals surface area (Å²) in [6.45, 7) is 3.12. The van der Waals surface area contributed by atoms with Crippen LogP contribution in [0.25, 0.3) is 0 Å². The van der Waals surface area contributed by atoms with Gasteiger partial charge in [-0.3, -0.25) is 14.8 Å². The second-order valence-electron chi connectivity index (χ2n) is 7.52. The number of aromatic nitrogens is 2. The van der Waals surface area contributed by atoms with Crippen LogP contribution >= 0.6 is 0 Å². The molecule has 4 rings (SSSR count). The number of nitrogens with two attached hydrogens (primary N) is 1. The lowest BCUT2D eigenvalue weighted by atomic mass is 10.1. The van der Waals surface area contributed by atoms with Gasteiger partial charge in [0, 0.05) is 18.0 Å². The Bertz CT molecular complexity index is 1150. The summed E-state index contributed by atoms with van der Waals surface area (Å²) in [7, 11) is 0. The zero-order chi connectivity index (χ0) is 22.9. The Morgan fingerprint density at radius 1 is 1.12 bits per heavy atom. The molecule has 1 amide bonds. The van der Waals surface area contributed by atoms with Crippen molar-refractivity contribution in [3.05, 3.63) is 71.8 Å². The third kappa shape index (κ3) is 4.74. The fraction of sp³-hybridized carbons (Fsp3) is 0.227. The van der Waals surface area contributed by atoms with Crippen molar-refractivity contribution in [2.24, 2.45) is 0 Å². The Hall–Kier alpha value is -3.82. The van der Waals surface area contributed by atoms with Crippen LogP contribution in [-0.2, 0) is 6.18 Å². The molecule has 1 saturated heterocycles. The summed E-state index contributed by atoms with van der Waals surface area (Å²) in [6, 6.07) is 7.57. The van der Waals surface area contributed by atoms with Crippen molar-refractivity contribution < 1.29 is 22.7 Å². The van der Waals surface area contributed by atoms with Gasteiger partial charge in [0.2, 0.25) is 0 Å². The highest BCUT2D eigenvalue weighted by atomic mass is 19.4. The van der Waals surface area contributed by atoms with Gasteiger partial charge in [-0.2, -0.15) is 13.2 Å². The number of amides is 1. The molecule has 10 heteroatoms. The molecule has 1 aliphatic rings. The smallest absolute Gasteiger partial charge is 0.417 e. The zero-order valence-corrected chi connectivity index (χ0v) is 17.1. The number of nitrogens with one attached hydrogen (secondary N) is 1. The summed E-state index contributed by atoms with van der Waals surface area (Å²) in [5, 5.41) is 2.45. The molecule has 2 aromatic heterocycles. The molecule has 0 radical (unpaired) electrons. The first-order valence-electron chi connectivity index (χ1n) is 9.75. The van der Waals surface area contributed by atoms with Gasteiger partial charge in [0.25, 0.3) is 5.91 Å². The SMILES string of the molecule is Cc1ccc(C(=O)Nc2cncc(C(F)(F)F)c2)cc1OC1CN(c2cncc(N)c2)C1. The molecule has 1 aliphatic heterocycles. The molecule has 166 valence electrons. The fourth-order valence-corrected chi connectivity index (χ4v) is 3.26. The second-order valence-corrected chi connectivity index (χ2v) is 7.52. The molecule has 7 nitrogen and oxygen atoms in total. The lowest BCUT2D eigenvalue weighted by molar-refractivity contribution is -0.137. The van der Waals surface area contributed by atoms with Gasteiger partial charge in [0.05, 0.1) is 48.1 Å². The van der Waals surface area contributed by atoms with Crippen LogP contribution in [0.2, 0.25) is 0 Å². The Morgan fingerprint density at radius 3 is 2.59 bits per heavy atom. The molecule has 32 heavy (non-hydrogen) atoms. The highest BCUT2D eigenvalue weighted by Crippen LogP contribution is 2.30. The predicted octanol–water partition coefficient (Wildman–Crippen LogP) is 3.91. The largest absolute Gasteiger partial charge is 0.486 e. The molecule has 0 unspecified atom stereocenters. The minimum absolute atomic E-state index is 0.0433. The van der Waals surface area contributed by atoms with Crippen molar-refractivity contribution in [3.63, 3.8) is 0 Å². The van der Waals surface area contributed by atoms with E-state index >= 15 is 0 Å². The highest BCUT2D eigenvalue weighted by Gasteiger charge is 2.31. The third-order valence-electron chi connectivity index (χ3n) is 5.03. The summed E-state index contributed by atoms with van der Waals surface area (Å²) < 4.78 is 44.6. The molecular weight excluding hydrogens is 423 g/mol. The summed E-state index contributed by atoms with van der Waals surface area (Å²) in [4.78, 5) is 22.3. The van der Waals surface area contributed by atoms with Gasteiger partial charge in [-0.15, -0.1) is 0 Å². The fourth-order valence-electron chi connectivity index (χ4n) is 3.26. The molecule has 0 bridgehead atoms. The molecule has 0 aliphatic carbocycles. The van der Waals surface area contributed by atoms with Crippen LogP contribution in [0.5, 0.6) is 5.75 Å². The summed E-state index contributed by atoms with van der Waals surface area (Å²) in [6.07, 6.45) is 0.540. The van der Waals surface area contributed by atoms with Crippen molar-refractivity contribution in [3.8, 4) is 5.75 Å². The highest BCUT2D eigenvalue weighted by molar-refractivity contribution is 6.04. The van der Waals surface area contributed by atoms with Crippen LogP contribution < -0.4 is 20.7 Å². The van der Waals surface area contributed by atoms with E-state index in [-0.39, 0.29) is 17.4 Å². The molecule has 3 aromatic rings. The first-order valence-corrected chi connectivity index (χ1v) is 9.75. The molecule has 1 aromatic carbocycles. The Labute approximate surface area is 182 Å². The number of nitrogens with zero attached hydrogens (tertiary/aromatic N) is 3. The molecule has 0 saturated carbocycles. The van der Waals surface area contributed by atoms with Crippen LogP contribution in [0.1, 0.15) is 21.5 Å². The summed E-state index contributed by atoms with van der Waals surface area (Å²) in [5.41, 5.74) is 7.37. The summed E-state index contributed by atoms with van der Waals surface area (Å²) in [5.74, 6) is -0.0211. The van der Waals surface area contributed by atoms with E-state index in [0.29, 0.717) is 30.7 Å². The van der Waals surface area contributed by atoms with Crippen LogP contribution in [-0.4, -0.2) is 35.1 Å². The number of aryl methyl sites for hydroxylation is 1. The average Bonchev–Trinajstić information content (AvgIpc) is 2.71. The van der Waals surface area contributed by atoms with Crippen LogP contribution in [0.3, 0.4) is 0 Å². The van der Waals surface area contributed by atoms with E-state index in [1.54, 1.807) is 30.6 Å². The number of carbonyl (C=O) groups excluding carboxylic acids is 1. The number of hydrogen-bond donors (Lipinski definition) is 2. The van der Waals surface area contributed by atoms with E-state index in [0.717, 1.165) is 23.5 Å². The average molecular weight is 443 g/mol. The standard InChI is InChI=1S/C22H20F3N5O2/c1-13-2-3-14(21(31)29-17-5-15(7-27-9-17)22(23,24)25)4-20(13)32-19-11-30(12-19)18-6-16(26)8-28-10-18/h2-10,19H,11-12,26H2,1H3,(H,29,31). The third-order valence-corrected chi connectivity index (χ3v) is 5.03. The van der Waals surface area contributed by atoms with Crippen molar-refractivity contribution in [2.75, 3.05) is 29.0 Å². The molecule has 1 fully saturated rings. The van der Waals surface area contributed by atoms with Crippen molar-refractivity contribution in [1.29, 1.82) is 0 Å². The minimum atomic E-state index is -4.54. The lowest BCUT2D eigenvalue weighted by Crippen LogP contribution is -2.54. The number of pyridine rings is 2. The second kappa shape index (κ2) is 8.37. The van der Waals surface area contributed by atoms with Crippen molar-refractivity contribution >= 4 is 23.0 Å². The summed E-state index contributed by atoms with van der Waals surface area (Å²) >= 11 is 0. The minimum Gasteiger partial charge on any atom is -0.486 e. The molecule has 0 spiro atoms. The van der Waals surface area contributed by atoms with Gasteiger partial charge in [0.1, 0.15) is 11.9 Å². The maximum atomic E-state index is 12.9. The predicted molar refractivity (Wildman–Crippen MR) is 114 cm³/mol. The number of alkyl halides is 3. The van der Waals surface area contributed by atoms with Gasteiger partial charge < -0.3 is 20.7 Å². The number of ether oxygens (including phenoxy) is 1. The van der Waals surface area contributed by atoms with E-state index in [2.05, 4.69) is 20.2 Å².